The van der Waals surface area contributed by atoms with Crippen LogP contribution in [0.15, 0.2) is 60.8 Å². The summed E-state index contributed by atoms with van der Waals surface area (Å²) in [6.07, 6.45) is 118. The summed E-state index contributed by atoms with van der Waals surface area (Å²) < 4.78 is 10.8. The van der Waals surface area contributed by atoms with Gasteiger partial charge in [-0.25, -0.2) is 0 Å². The Bertz CT molecular complexity index is 1590. The van der Waals surface area contributed by atoms with Gasteiger partial charge < -0.3 is 14.6 Å². The van der Waals surface area contributed by atoms with Gasteiger partial charge in [-0.1, -0.05) is 441 Å². The van der Waals surface area contributed by atoms with Crippen LogP contribution in [-0.4, -0.2) is 36.4 Å². The molecule has 0 radical (unpaired) electrons. The predicted octanol–water partition coefficient (Wildman–Crippen LogP) is 30.3. The lowest BCUT2D eigenvalue weighted by molar-refractivity contribution is -0.161. The Kier molecular flexibility index (Phi) is 82.7. The molecule has 0 aromatic carbocycles. The summed E-state index contributed by atoms with van der Waals surface area (Å²) in [6.45, 7) is 4.18. The van der Waals surface area contributed by atoms with E-state index in [0.717, 1.165) is 51.4 Å². The number of aliphatic hydroxyl groups excluding tert-OH is 1. The Morgan fingerprint density at radius 1 is 0.245 bits per heavy atom. The number of hydrogen-bond acceptors (Lipinski definition) is 5. The monoisotopic (exact) mass is 1320 g/mol. The molecular weight excluding hydrogens is 1150 g/mol. The highest BCUT2D eigenvalue weighted by Crippen LogP contribution is 2.20. The lowest BCUT2D eigenvalue weighted by Crippen LogP contribution is -2.28. The van der Waals surface area contributed by atoms with Crippen LogP contribution in [0.4, 0.5) is 0 Å². The highest BCUT2D eigenvalue weighted by atomic mass is 16.6. The minimum atomic E-state index is -0.771. The molecule has 0 saturated heterocycles. The quantitative estimate of drug-likeness (QED) is 0.0373. The molecule has 5 heteroatoms. The van der Waals surface area contributed by atoms with E-state index in [0.29, 0.717) is 12.8 Å². The Labute approximate surface area is 589 Å². The Morgan fingerprint density at radius 2 is 0.426 bits per heavy atom. The Hall–Kier alpha value is -2.40. The van der Waals surface area contributed by atoms with Crippen molar-refractivity contribution in [1.82, 2.24) is 0 Å². The van der Waals surface area contributed by atoms with E-state index in [9.17, 15) is 14.7 Å². The first-order valence-electron chi connectivity index (χ1n) is 42.8. The van der Waals surface area contributed by atoms with Crippen LogP contribution in [0.25, 0.3) is 0 Å². The summed E-state index contributed by atoms with van der Waals surface area (Å²) in [5.41, 5.74) is 0. The molecule has 0 spiro atoms. The summed E-state index contributed by atoms with van der Waals surface area (Å²) in [5, 5.41) is 9.74. The van der Waals surface area contributed by atoms with E-state index < -0.39 is 6.10 Å². The number of aliphatic hydroxyl groups is 1. The van der Waals surface area contributed by atoms with Gasteiger partial charge in [0.1, 0.15) is 6.61 Å². The van der Waals surface area contributed by atoms with Crippen LogP contribution in [0.2, 0.25) is 0 Å². The number of carbonyl (C=O) groups is 2. The second-order valence-corrected chi connectivity index (χ2v) is 29.3. The summed E-state index contributed by atoms with van der Waals surface area (Å²) in [6, 6.07) is 0. The first-order valence-corrected chi connectivity index (χ1v) is 42.8. The number of unbranched alkanes of at least 4 members (excludes halogenated alkanes) is 63. The number of esters is 2. The van der Waals surface area contributed by atoms with Gasteiger partial charge in [0, 0.05) is 12.8 Å². The molecule has 552 valence electrons. The number of rotatable bonds is 81. The van der Waals surface area contributed by atoms with Crippen molar-refractivity contribution in [3.05, 3.63) is 60.8 Å². The first kappa shape index (κ1) is 91.6. The highest BCUT2D eigenvalue weighted by Gasteiger charge is 2.16. The van der Waals surface area contributed by atoms with Crippen LogP contribution in [0.1, 0.15) is 476 Å². The number of carbonyl (C=O) groups excluding carboxylic acids is 2. The molecule has 0 aliphatic carbocycles. The van der Waals surface area contributed by atoms with Crippen molar-refractivity contribution in [3.8, 4) is 0 Å². The van der Waals surface area contributed by atoms with Crippen LogP contribution in [-0.2, 0) is 19.1 Å². The fraction of sp³-hybridized carbons (Fsp3) is 0.865. The number of allylic oxidation sites excluding steroid dienone is 10. The smallest absolute Gasteiger partial charge is 0.306 e. The number of ether oxygens (including phenoxy) is 2. The van der Waals surface area contributed by atoms with Crippen molar-refractivity contribution in [2.45, 2.75) is 482 Å². The molecule has 0 rings (SSSR count). The normalized spacial score (nSPS) is 12.4. The van der Waals surface area contributed by atoms with Crippen molar-refractivity contribution in [2.75, 3.05) is 13.2 Å². The maximum atomic E-state index is 12.4. The third-order valence-corrected chi connectivity index (χ3v) is 19.8. The van der Waals surface area contributed by atoms with Gasteiger partial charge in [-0.05, 0) is 83.5 Å². The lowest BCUT2D eigenvalue weighted by atomic mass is 10.0. The molecule has 1 N–H and O–H groups in total. The molecular formula is C89H166O5. The lowest BCUT2D eigenvalue weighted by Gasteiger charge is -2.15. The molecule has 0 aliphatic rings. The minimum absolute atomic E-state index is 0.0590. The summed E-state index contributed by atoms with van der Waals surface area (Å²) in [4.78, 5) is 24.8. The zero-order chi connectivity index (χ0) is 67.5. The van der Waals surface area contributed by atoms with Crippen LogP contribution in [0.3, 0.4) is 0 Å². The molecule has 0 fully saturated rings. The van der Waals surface area contributed by atoms with Crippen LogP contribution in [0, 0.1) is 0 Å². The fourth-order valence-corrected chi connectivity index (χ4v) is 13.4. The van der Waals surface area contributed by atoms with E-state index in [1.54, 1.807) is 0 Å². The Morgan fingerprint density at radius 3 is 0.638 bits per heavy atom. The topological polar surface area (TPSA) is 72.8 Å². The molecule has 94 heavy (non-hydrogen) atoms. The summed E-state index contributed by atoms with van der Waals surface area (Å²) >= 11 is 0. The van der Waals surface area contributed by atoms with E-state index in [4.69, 9.17) is 9.47 Å². The molecule has 1 atom stereocenters. The molecule has 0 heterocycles. The first-order chi connectivity index (χ1) is 46.6. The summed E-state index contributed by atoms with van der Waals surface area (Å²) in [7, 11) is 0. The maximum absolute atomic E-state index is 12.4. The van der Waals surface area contributed by atoms with Gasteiger partial charge >= 0.3 is 11.9 Å². The van der Waals surface area contributed by atoms with E-state index in [2.05, 4.69) is 74.6 Å². The van der Waals surface area contributed by atoms with Gasteiger partial charge in [-0.3, -0.25) is 9.59 Å². The largest absolute Gasteiger partial charge is 0.462 e. The molecule has 0 aliphatic heterocycles. The van der Waals surface area contributed by atoms with Crippen LogP contribution in [0.5, 0.6) is 0 Å². The maximum Gasteiger partial charge on any atom is 0.306 e. The standard InChI is InChI=1S/C89H166O5/c1-3-5-7-9-11-13-15-17-19-21-23-25-27-29-31-33-35-37-39-41-43-44-46-47-49-51-53-55-57-59-61-63-65-67-69-71-73-75-77-79-81-83-88(91)93-86-87(85-90)94-89(92)84-82-80-78-76-74-72-70-68-66-64-62-60-58-56-54-52-50-48-45-42-40-38-36-34-32-30-28-26-24-22-20-18-16-14-12-10-8-6-4-2/h15-18,21-24,28,30,87,90H,3-14,19-20,25-27,29,31-86H2,1-2H3/b17-15-,18-16-,23-21-,24-22-,30-28-. The Balaban J connectivity index is 3.35. The van der Waals surface area contributed by atoms with Gasteiger partial charge in [0.25, 0.3) is 0 Å². The average molecular weight is 1320 g/mol. The molecule has 0 amide bonds. The minimum Gasteiger partial charge on any atom is -0.462 e. The molecule has 0 aromatic rings. The van der Waals surface area contributed by atoms with Crippen molar-refractivity contribution in [1.29, 1.82) is 0 Å². The van der Waals surface area contributed by atoms with Gasteiger partial charge in [0.2, 0.25) is 0 Å². The van der Waals surface area contributed by atoms with E-state index in [1.165, 1.54) is 398 Å². The number of hydrogen-bond donors (Lipinski definition) is 1. The summed E-state index contributed by atoms with van der Waals surface area (Å²) in [5.74, 6) is -0.562. The van der Waals surface area contributed by atoms with Gasteiger partial charge in [0.15, 0.2) is 6.10 Å². The van der Waals surface area contributed by atoms with Crippen LogP contribution < -0.4 is 0 Å². The molecule has 5 nitrogen and oxygen atoms in total. The predicted molar refractivity (Wildman–Crippen MR) is 417 cm³/mol. The molecule has 0 aromatic heterocycles. The van der Waals surface area contributed by atoms with E-state index in [1.807, 2.05) is 0 Å². The second-order valence-electron chi connectivity index (χ2n) is 29.3. The molecule has 1 unspecified atom stereocenters. The van der Waals surface area contributed by atoms with Crippen molar-refractivity contribution < 1.29 is 24.2 Å². The van der Waals surface area contributed by atoms with Crippen molar-refractivity contribution in [3.63, 3.8) is 0 Å². The van der Waals surface area contributed by atoms with E-state index >= 15 is 0 Å². The van der Waals surface area contributed by atoms with E-state index in [-0.39, 0.29) is 25.2 Å². The van der Waals surface area contributed by atoms with Gasteiger partial charge in [-0.15, -0.1) is 0 Å². The third-order valence-electron chi connectivity index (χ3n) is 19.8. The average Bonchev–Trinajstić information content (AvgIpc) is 3.65. The fourth-order valence-electron chi connectivity index (χ4n) is 13.4. The molecule has 0 saturated carbocycles. The van der Waals surface area contributed by atoms with Crippen molar-refractivity contribution >= 4 is 11.9 Å². The second kappa shape index (κ2) is 84.8. The SMILES string of the molecule is CCCCCCC/C=C\C/C=C\C/C=C\CCCCCCCCCCCCCCCCCCCCCCCCCCC(=O)OC(CO)COC(=O)CCCCCCCCCCCCCCCCCCCCCCCCCCCCCCC/C=C\C/C=C\CCCCCCC. The van der Waals surface area contributed by atoms with Crippen LogP contribution >= 0.6 is 0 Å². The van der Waals surface area contributed by atoms with Gasteiger partial charge in [-0.2, -0.15) is 0 Å². The zero-order valence-corrected chi connectivity index (χ0v) is 63.8. The third kappa shape index (κ3) is 82.0. The van der Waals surface area contributed by atoms with Crippen molar-refractivity contribution in [2.24, 2.45) is 0 Å². The molecule has 0 bridgehead atoms. The highest BCUT2D eigenvalue weighted by molar-refractivity contribution is 5.70. The van der Waals surface area contributed by atoms with Gasteiger partial charge in [0.05, 0.1) is 6.61 Å². The zero-order valence-electron chi connectivity index (χ0n) is 63.8.